The molecule has 30 heavy (non-hydrogen) atoms. The number of nitrogens with zero attached hydrogens (tertiary/aromatic N) is 4. The van der Waals surface area contributed by atoms with Gasteiger partial charge in [0, 0.05) is 48.6 Å². The third kappa shape index (κ3) is 4.93. The Morgan fingerprint density at radius 3 is 2.27 bits per heavy atom. The van der Waals surface area contributed by atoms with E-state index in [2.05, 4.69) is 89.5 Å². The second kappa shape index (κ2) is 9.66. The molecule has 0 unspecified atom stereocenters. The first-order valence-corrected chi connectivity index (χ1v) is 11.2. The Bertz CT molecular complexity index is 1080. The fourth-order valence-corrected chi connectivity index (χ4v) is 3.85. The molecule has 0 saturated heterocycles. The maximum atomic E-state index is 4.87. The van der Waals surface area contributed by atoms with E-state index < -0.39 is 0 Å². The van der Waals surface area contributed by atoms with Gasteiger partial charge in [0.2, 0.25) is 0 Å². The maximum absolute atomic E-state index is 4.87. The van der Waals surface area contributed by atoms with Gasteiger partial charge in [0.25, 0.3) is 0 Å². The van der Waals surface area contributed by atoms with Crippen molar-refractivity contribution in [3.63, 3.8) is 0 Å². The first kappa shape index (κ1) is 20.3. The van der Waals surface area contributed by atoms with Gasteiger partial charge in [-0.25, -0.2) is 14.1 Å². The molecule has 4 aromatic rings. The van der Waals surface area contributed by atoms with E-state index in [0.29, 0.717) is 0 Å². The lowest BCUT2D eigenvalue weighted by Crippen LogP contribution is -2.32. The van der Waals surface area contributed by atoms with Crippen LogP contribution in [0.5, 0.6) is 0 Å². The highest BCUT2D eigenvalue weighted by molar-refractivity contribution is 5.69. The molecule has 4 aromatic heterocycles. The highest BCUT2D eigenvalue weighted by atomic mass is 15.0. The molecular weight excluding hydrogens is 368 g/mol. The van der Waals surface area contributed by atoms with Crippen LogP contribution in [0, 0.1) is 0 Å². The zero-order valence-electron chi connectivity index (χ0n) is 18.2. The van der Waals surface area contributed by atoms with Crippen LogP contribution in [0.4, 0.5) is 0 Å². The van der Waals surface area contributed by atoms with E-state index in [1.165, 1.54) is 49.7 Å². The van der Waals surface area contributed by atoms with Crippen LogP contribution < -0.4 is 9.13 Å². The zero-order valence-corrected chi connectivity index (χ0v) is 18.2. The molecule has 154 valence electrons. The van der Waals surface area contributed by atoms with Gasteiger partial charge in [0.15, 0.2) is 24.8 Å². The summed E-state index contributed by atoms with van der Waals surface area (Å²) in [6.45, 7) is 3.36. The van der Waals surface area contributed by atoms with Crippen molar-refractivity contribution in [2.24, 2.45) is 7.05 Å². The smallest absolute Gasteiger partial charge is 0.169 e. The third-order valence-corrected chi connectivity index (χ3v) is 5.73. The standard InChI is InChI=1S/C26H32N4/c1-3-4-5-6-7-8-14-29-17-11-23(12-18-29)25-21-30-19-13-24(20-26(30)27-25)22-9-15-28(2)16-10-22/h9-13,15-21H,3-8,14H2,1-2H3/q+2. The summed E-state index contributed by atoms with van der Waals surface area (Å²) in [6, 6.07) is 12.9. The van der Waals surface area contributed by atoms with Crippen LogP contribution in [0.25, 0.3) is 28.0 Å². The Labute approximate surface area is 179 Å². The van der Waals surface area contributed by atoms with Gasteiger partial charge in [-0.05, 0) is 29.7 Å². The number of imidazole rings is 1. The van der Waals surface area contributed by atoms with E-state index >= 15 is 0 Å². The molecule has 4 heteroatoms. The SMILES string of the molecule is CCCCCCCC[n+]1ccc(-c2cn3ccc(-c4cc[n+](C)cc4)cc3n2)cc1. The molecule has 4 rings (SSSR count). The van der Waals surface area contributed by atoms with Crippen molar-refractivity contribution in [1.29, 1.82) is 0 Å². The summed E-state index contributed by atoms with van der Waals surface area (Å²) in [5.41, 5.74) is 5.53. The molecule has 0 N–H and O–H groups in total. The van der Waals surface area contributed by atoms with E-state index in [0.717, 1.165) is 23.4 Å². The fourth-order valence-electron chi connectivity index (χ4n) is 3.85. The molecule has 0 radical (unpaired) electrons. The summed E-state index contributed by atoms with van der Waals surface area (Å²) in [7, 11) is 2.03. The van der Waals surface area contributed by atoms with Crippen LogP contribution in [0.15, 0.2) is 73.6 Å². The molecule has 0 spiro atoms. The minimum atomic E-state index is 0.972. The van der Waals surface area contributed by atoms with Crippen LogP contribution in [0.3, 0.4) is 0 Å². The molecule has 4 heterocycles. The lowest BCUT2D eigenvalue weighted by Gasteiger charge is -2.00. The van der Waals surface area contributed by atoms with Crippen molar-refractivity contribution in [2.45, 2.75) is 52.0 Å². The topological polar surface area (TPSA) is 25.1 Å². The molecule has 0 fully saturated rings. The highest BCUT2D eigenvalue weighted by Crippen LogP contribution is 2.23. The van der Waals surface area contributed by atoms with Crippen LogP contribution in [0.1, 0.15) is 45.4 Å². The van der Waals surface area contributed by atoms with Gasteiger partial charge in [0.1, 0.15) is 19.2 Å². The maximum Gasteiger partial charge on any atom is 0.169 e. The van der Waals surface area contributed by atoms with Gasteiger partial charge in [-0.15, -0.1) is 0 Å². The predicted octanol–water partition coefficient (Wildman–Crippen LogP) is 5.14. The molecule has 0 aliphatic carbocycles. The number of pyridine rings is 3. The largest absolute Gasteiger partial charge is 0.306 e. The summed E-state index contributed by atoms with van der Waals surface area (Å²) in [4.78, 5) is 4.87. The summed E-state index contributed by atoms with van der Waals surface area (Å²) in [5.74, 6) is 0. The number of fused-ring (bicyclic) bond motifs is 1. The predicted molar refractivity (Wildman–Crippen MR) is 121 cm³/mol. The molecule has 0 amide bonds. The first-order chi connectivity index (χ1) is 14.7. The first-order valence-electron chi connectivity index (χ1n) is 11.2. The molecule has 4 nitrogen and oxygen atoms in total. The molecule has 0 atom stereocenters. The van der Waals surface area contributed by atoms with Crippen molar-refractivity contribution in [1.82, 2.24) is 9.38 Å². The summed E-state index contributed by atoms with van der Waals surface area (Å²) in [5, 5.41) is 0. The molecule has 0 aromatic carbocycles. The van der Waals surface area contributed by atoms with E-state index in [-0.39, 0.29) is 0 Å². The van der Waals surface area contributed by atoms with Gasteiger partial charge in [-0.1, -0.05) is 32.6 Å². The number of hydrogen-bond acceptors (Lipinski definition) is 1. The second-order valence-corrected chi connectivity index (χ2v) is 8.15. The number of unbranched alkanes of at least 4 members (excludes halogenated alkanes) is 5. The summed E-state index contributed by atoms with van der Waals surface area (Å²) in [6.07, 6.45) is 20.7. The van der Waals surface area contributed by atoms with Crippen LogP contribution in [-0.2, 0) is 13.6 Å². The second-order valence-electron chi connectivity index (χ2n) is 8.15. The molecule has 0 aliphatic heterocycles. The van der Waals surface area contributed by atoms with Gasteiger partial charge in [0.05, 0.1) is 5.69 Å². The van der Waals surface area contributed by atoms with Crippen LogP contribution in [0.2, 0.25) is 0 Å². The van der Waals surface area contributed by atoms with Crippen molar-refractivity contribution in [3.8, 4) is 22.4 Å². The lowest BCUT2D eigenvalue weighted by atomic mass is 10.1. The number of rotatable bonds is 9. The zero-order chi connectivity index (χ0) is 20.8. The van der Waals surface area contributed by atoms with Gasteiger partial charge >= 0.3 is 0 Å². The molecular formula is C26H32N4+2. The average Bonchev–Trinajstić information content (AvgIpc) is 3.20. The van der Waals surface area contributed by atoms with Crippen LogP contribution in [-0.4, -0.2) is 9.38 Å². The third-order valence-electron chi connectivity index (χ3n) is 5.73. The fraction of sp³-hybridized carbons (Fsp3) is 0.346. The average molecular weight is 401 g/mol. The molecule has 0 saturated carbocycles. The number of aryl methyl sites for hydroxylation is 2. The van der Waals surface area contributed by atoms with E-state index in [1.807, 2.05) is 11.6 Å². The van der Waals surface area contributed by atoms with Crippen molar-refractivity contribution in [3.05, 3.63) is 73.6 Å². The van der Waals surface area contributed by atoms with Crippen molar-refractivity contribution >= 4 is 5.65 Å². The Kier molecular flexibility index (Phi) is 6.53. The van der Waals surface area contributed by atoms with Gasteiger partial charge in [-0.2, -0.15) is 0 Å². The van der Waals surface area contributed by atoms with Gasteiger partial charge < -0.3 is 4.40 Å². The number of hydrogen-bond donors (Lipinski definition) is 0. The molecule has 0 aliphatic rings. The van der Waals surface area contributed by atoms with Crippen molar-refractivity contribution < 1.29 is 9.13 Å². The Hall–Kier alpha value is -3.01. The quantitative estimate of drug-likeness (QED) is 0.282. The monoisotopic (exact) mass is 400 g/mol. The summed E-state index contributed by atoms with van der Waals surface area (Å²) >= 11 is 0. The minimum absolute atomic E-state index is 0.972. The Morgan fingerprint density at radius 1 is 0.800 bits per heavy atom. The van der Waals surface area contributed by atoms with E-state index in [4.69, 9.17) is 4.98 Å². The van der Waals surface area contributed by atoms with Gasteiger partial charge in [-0.3, -0.25) is 0 Å². The minimum Gasteiger partial charge on any atom is -0.306 e. The summed E-state index contributed by atoms with van der Waals surface area (Å²) < 4.78 is 6.43. The highest BCUT2D eigenvalue weighted by Gasteiger charge is 2.09. The van der Waals surface area contributed by atoms with Crippen molar-refractivity contribution in [2.75, 3.05) is 0 Å². The Morgan fingerprint density at radius 2 is 1.50 bits per heavy atom. The van der Waals surface area contributed by atoms with Crippen LogP contribution >= 0.6 is 0 Å². The Balaban J connectivity index is 1.43. The molecule has 0 bridgehead atoms. The number of aromatic nitrogens is 4. The van der Waals surface area contributed by atoms with E-state index in [9.17, 15) is 0 Å². The normalized spacial score (nSPS) is 11.3. The lowest BCUT2D eigenvalue weighted by molar-refractivity contribution is -0.697. The van der Waals surface area contributed by atoms with E-state index in [1.54, 1.807) is 0 Å².